The van der Waals surface area contributed by atoms with Gasteiger partial charge in [0, 0.05) is 34.8 Å². The Hall–Kier alpha value is -5.25. The van der Waals surface area contributed by atoms with Crippen molar-refractivity contribution >= 4 is 72.5 Å². The minimum absolute atomic E-state index is 0.0846. The molecule has 0 unspecified atom stereocenters. The van der Waals surface area contributed by atoms with Crippen molar-refractivity contribution in [2.45, 2.75) is 31.6 Å². The fraction of sp³-hybridized carbons (Fsp3) is 0.188. The van der Waals surface area contributed by atoms with Crippen molar-refractivity contribution in [3.8, 4) is 11.5 Å². The van der Waals surface area contributed by atoms with E-state index in [1.165, 1.54) is 9.80 Å². The van der Waals surface area contributed by atoms with Crippen molar-refractivity contribution < 1.29 is 29.4 Å². The molecule has 8 rings (SSSR count). The highest BCUT2D eigenvalue weighted by Gasteiger charge is 2.45. The van der Waals surface area contributed by atoms with Gasteiger partial charge in [0.05, 0.1) is 19.0 Å². The SMILES string of the molecule is [B][C@@H]1C(=O)N=C2c3ccc4ccc(O)cc4c3C(=O)N2[C@@H]1C.[B][C@H]1[C@@H](C)C(=O)N=C2c3c(ccc4ccc(O)cc34)C(=O)N21. The number of carbonyl (C=O) groups excluding carboxylic acids is 4. The molecule has 0 saturated heterocycles. The third-order valence-corrected chi connectivity index (χ3v) is 8.66. The van der Waals surface area contributed by atoms with Crippen LogP contribution in [0.15, 0.2) is 70.6 Å². The van der Waals surface area contributed by atoms with E-state index >= 15 is 0 Å². The minimum atomic E-state index is -0.818. The quantitative estimate of drug-likeness (QED) is 0.307. The van der Waals surface area contributed by atoms with Crippen LogP contribution in [0.1, 0.15) is 45.7 Å². The lowest BCUT2D eigenvalue weighted by molar-refractivity contribution is -0.122. The van der Waals surface area contributed by atoms with Gasteiger partial charge in [-0.25, -0.2) is 0 Å². The normalized spacial score (nSPS) is 23.5. The number of phenolic OH excluding ortho intramolecular Hbond substituents is 2. The Morgan fingerprint density at radius 1 is 0.659 bits per heavy atom. The Kier molecular flexibility index (Phi) is 6.04. The maximum Gasteiger partial charge on any atom is 0.261 e. The molecule has 44 heavy (non-hydrogen) atoms. The Morgan fingerprint density at radius 2 is 1.20 bits per heavy atom. The van der Waals surface area contributed by atoms with Crippen LogP contribution < -0.4 is 0 Å². The summed E-state index contributed by atoms with van der Waals surface area (Å²) in [6.07, 6.45) is 0. The van der Waals surface area contributed by atoms with Crippen LogP contribution in [-0.2, 0) is 9.59 Å². The zero-order valence-electron chi connectivity index (χ0n) is 23.6. The molecule has 4 atom stereocenters. The average Bonchev–Trinajstić information content (AvgIpc) is 3.45. The van der Waals surface area contributed by atoms with Gasteiger partial charge in [0.1, 0.15) is 31.0 Å². The highest BCUT2D eigenvalue weighted by Crippen LogP contribution is 2.38. The topological polar surface area (TPSA) is 140 Å². The van der Waals surface area contributed by atoms with Crippen LogP contribution in [0.2, 0.25) is 5.82 Å². The summed E-state index contributed by atoms with van der Waals surface area (Å²) in [6, 6.07) is 16.5. The van der Waals surface area contributed by atoms with Crippen molar-refractivity contribution in [3.63, 3.8) is 0 Å². The molecule has 4 aliphatic heterocycles. The van der Waals surface area contributed by atoms with Crippen LogP contribution in [0, 0.1) is 5.92 Å². The number of phenols is 2. The number of carbonyl (C=O) groups is 4. The second-order valence-electron chi connectivity index (χ2n) is 11.2. The first-order valence-electron chi connectivity index (χ1n) is 13.9. The molecular weight excluding hydrogens is 558 g/mol. The van der Waals surface area contributed by atoms with Gasteiger partial charge in [0.15, 0.2) is 0 Å². The predicted octanol–water partition coefficient (Wildman–Crippen LogP) is 3.05. The van der Waals surface area contributed by atoms with Crippen molar-refractivity contribution in [1.82, 2.24) is 9.80 Å². The molecule has 0 bridgehead atoms. The van der Waals surface area contributed by atoms with Crippen LogP contribution in [0.4, 0.5) is 0 Å². The number of amidine groups is 2. The lowest BCUT2D eigenvalue weighted by atomic mass is 9.79. The van der Waals surface area contributed by atoms with E-state index in [0.29, 0.717) is 38.9 Å². The number of amides is 4. The van der Waals surface area contributed by atoms with Crippen molar-refractivity contribution in [1.29, 1.82) is 0 Å². The zero-order valence-corrected chi connectivity index (χ0v) is 23.6. The second kappa shape index (κ2) is 9.63. The summed E-state index contributed by atoms with van der Waals surface area (Å²) in [6.45, 7) is 3.40. The molecule has 4 radical (unpaired) electrons. The lowest BCUT2D eigenvalue weighted by Crippen LogP contribution is -2.50. The number of rotatable bonds is 0. The molecule has 10 nitrogen and oxygen atoms in total. The number of nitrogens with zero attached hydrogens (tertiary/aromatic N) is 4. The Balaban J connectivity index is 0.000000142. The summed E-state index contributed by atoms with van der Waals surface area (Å²) in [7, 11) is 11.9. The number of benzene rings is 4. The van der Waals surface area contributed by atoms with Gasteiger partial charge >= 0.3 is 0 Å². The highest BCUT2D eigenvalue weighted by atomic mass is 16.3. The van der Waals surface area contributed by atoms with E-state index in [1.54, 1.807) is 68.4 Å². The molecule has 2 N–H and O–H groups in total. The number of hydrogen-bond donors (Lipinski definition) is 2. The summed E-state index contributed by atoms with van der Waals surface area (Å²) in [5.74, 6) is -2.53. The molecular formula is C32H22B2N4O6. The highest BCUT2D eigenvalue weighted by molar-refractivity contribution is 6.35. The van der Waals surface area contributed by atoms with Crippen LogP contribution in [-0.4, -0.2) is 83.0 Å². The molecule has 4 heterocycles. The fourth-order valence-corrected chi connectivity index (χ4v) is 6.14. The van der Waals surface area contributed by atoms with Gasteiger partial charge < -0.3 is 10.2 Å². The summed E-state index contributed by atoms with van der Waals surface area (Å²) >= 11 is 0. The van der Waals surface area contributed by atoms with Crippen LogP contribution in [0.5, 0.6) is 11.5 Å². The van der Waals surface area contributed by atoms with Crippen molar-refractivity contribution in [2.75, 3.05) is 0 Å². The fourth-order valence-electron chi connectivity index (χ4n) is 6.14. The minimum Gasteiger partial charge on any atom is -0.508 e. The van der Waals surface area contributed by atoms with E-state index in [4.69, 9.17) is 15.7 Å². The van der Waals surface area contributed by atoms with Gasteiger partial charge in [0.25, 0.3) is 17.7 Å². The smallest absolute Gasteiger partial charge is 0.261 e. The largest absolute Gasteiger partial charge is 0.508 e. The van der Waals surface area contributed by atoms with Gasteiger partial charge in [-0.15, -0.1) is 0 Å². The first kappa shape index (κ1) is 27.6. The van der Waals surface area contributed by atoms with Gasteiger partial charge in [-0.1, -0.05) is 31.2 Å². The molecule has 4 aromatic carbocycles. The van der Waals surface area contributed by atoms with E-state index in [-0.39, 0.29) is 35.1 Å². The summed E-state index contributed by atoms with van der Waals surface area (Å²) in [5, 5.41) is 22.5. The molecule has 0 fully saturated rings. The lowest BCUT2D eigenvalue weighted by Gasteiger charge is -2.32. The van der Waals surface area contributed by atoms with E-state index in [1.807, 2.05) is 6.07 Å². The van der Waals surface area contributed by atoms with E-state index in [9.17, 15) is 29.4 Å². The first-order chi connectivity index (χ1) is 21.0. The standard InChI is InChI=1S/2C16H11BN2O3/c1-7-13(17)19-14(18-15(7)21)12-10(16(19)22)5-3-8-2-4-9(20)6-11(8)12;1-7-13(17)15(21)18-14-10-5-3-8-2-4-9(20)6-11(8)12(10)16(22)19(7)14/h2*2-7,13,20H,1H3/t7-,13-;7-,13+/m11/s1. The maximum atomic E-state index is 12.8. The first-order valence-corrected chi connectivity index (χ1v) is 13.9. The number of aliphatic imine (C=N–C) groups is 2. The van der Waals surface area contributed by atoms with Crippen molar-refractivity contribution in [2.24, 2.45) is 15.9 Å². The number of aromatic hydroxyl groups is 2. The zero-order chi connectivity index (χ0) is 31.2. The summed E-state index contributed by atoms with van der Waals surface area (Å²) < 4.78 is 0. The van der Waals surface area contributed by atoms with Crippen LogP contribution >= 0.6 is 0 Å². The number of hydrogen-bond acceptors (Lipinski definition) is 6. The van der Waals surface area contributed by atoms with Crippen LogP contribution in [0.3, 0.4) is 0 Å². The Morgan fingerprint density at radius 3 is 1.84 bits per heavy atom. The third kappa shape index (κ3) is 3.83. The van der Waals surface area contributed by atoms with Gasteiger partial charge in [0.2, 0.25) is 5.91 Å². The van der Waals surface area contributed by atoms with Crippen molar-refractivity contribution in [3.05, 3.63) is 82.9 Å². The van der Waals surface area contributed by atoms with Gasteiger partial charge in [-0.05, 0) is 64.9 Å². The summed E-state index contributed by atoms with van der Waals surface area (Å²) in [5.41, 5.74) is 2.08. The van der Waals surface area contributed by atoms with E-state index < -0.39 is 29.6 Å². The van der Waals surface area contributed by atoms with Gasteiger partial charge in [-0.2, -0.15) is 9.98 Å². The summed E-state index contributed by atoms with van der Waals surface area (Å²) in [4.78, 5) is 60.2. The second-order valence-corrected chi connectivity index (χ2v) is 11.2. The maximum absolute atomic E-state index is 12.8. The van der Waals surface area contributed by atoms with Gasteiger partial charge in [-0.3, -0.25) is 29.0 Å². The predicted molar refractivity (Wildman–Crippen MR) is 164 cm³/mol. The Labute approximate surface area is 253 Å². The molecule has 212 valence electrons. The van der Waals surface area contributed by atoms with E-state index in [0.717, 1.165) is 10.8 Å². The molecule has 0 aliphatic carbocycles. The monoisotopic (exact) mass is 580 g/mol. The third-order valence-electron chi connectivity index (χ3n) is 8.66. The molecule has 0 aromatic heterocycles. The molecule has 0 saturated carbocycles. The average molecular weight is 580 g/mol. The molecule has 4 aromatic rings. The number of fused-ring (bicyclic) bond motifs is 10. The molecule has 12 heteroatoms. The van der Waals surface area contributed by atoms with E-state index in [2.05, 4.69) is 9.98 Å². The molecule has 4 aliphatic rings. The Bertz CT molecular complexity index is 2070. The molecule has 0 spiro atoms. The molecule has 4 amide bonds. The van der Waals surface area contributed by atoms with Crippen LogP contribution in [0.25, 0.3) is 21.5 Å².